The Hall–Kier alpha value is -1.36. The second kappa shape index (κ2) is 3.79. The molecule has 14 heavy (non-hydrogen) atoms. The maximum absolute atomic E-state index is 11.4. The molecule has 0 fully saturated rings. The van der Waals surface area contributed by atoms with Crippen molar-refractivity contribution >= 4 is 11.6 Å². The first-order valence-corrected chi connectivity index (χ1v) is 4.44. The van der Waals surface area contributed by atoms with Crippen LogP contribution in [0, 0.1) is 0 Å². The second-order valence-electron chi connectivity index (χ2n) is 4.12. The highest BCUT2D eigenvalue weighted by molar-refractivity contribution is 5.91. The van der Waals surface area contributed by atoms with Crippen LogP contribution in [0.5, 0.6) is 0 Å². The third-order valence-electron chi connectivity index (χ3n) is 1.60. The van der Waals surface area contributed by atoms with Gasteiger partial charge >= 0.3 is 0 Å². The van der Waals surface area contributed by atoms with Gasteiger partial charge in [-0.1, -0.05) is 0 Å². The van der Waals surface area contributed by atoms with E-state index in [0.717, 1.165) is 0 Å². The lowest BCUT2D eigenvalue weighted by Crippen LogP contribution is -2.36. The Morgan fingerprint density at radius 2 is 2.36 bits per heavy atom. The molecule has 0 radical (unpaired) electrons. The Morgan fingerprint density at radius 1 is 1.71 bits per heavy atom. The van der Waals surface area contributed by atoms with Crippen LogP contribution in [0.25, 0.3) is 0 Å². The van der Waals surface area contributed by atoms with Gasteiger partial charge in [0.15, 0.2) is 0 Å². The molecule has 0 aliphatic heterocycles. The number of carbonyl (C=O) groups is 1. The summed E-state index contributed by atoms with van der Waals surface area (Å²) in [6.07, 6.45) is 3.63. The third kappa shape index (κ3) is 3.57. The van der Waals surface area contributed by atoms with E-state index in [2.05, 4.69) is 10.4 Å². The number of nitrogens with two attached hydrogens (primary N) is 1. The monoisotopic (exact) mass is 196 g/mol. The van der Waals surface area contributed by atoms with Gasteiger partial charge in [-0.3, -0.25) is 9.48 Å². The number of anilines is 1. The normalized spacial score (nSPS) is 11.4. The smallest absolute Gasteiger partial charge is 0.226 e. The number of aromatic nitrogens is 2. The maximum atomic E-state index is 11.4. The number of hydrogen-bond donors (Lipinski definition) is 2. The highest BCUT2D eigenvalue weighted by Gasteiger charge is 2.16. The van der Waals surface area contributed by atoms with Crippen molar-refractivity contribution in [2.24, 2.45) is 12.8 Å². The number of hydrogen-bond acceptors (Lipinski definition) is 3. The number of nitrogens with zero attached hydrogens (tertiary/aromatic N) is 2. The quantitative estimate of drug-likeness (QED) is 0.738. The van der Waals surface area contributed by atoms with Crippen molar-refractivity contribution in [1.29, 1.82) is 0 Å². The molecule has 1 aromatic heterocycles. The number of nitrogens with one attached hydrogen (secondary N) is 1. The molecular formula is C9H16N4O. The van der Waals surface area contributed by atoms with Gasteiger partial charge in [-0.2, -0.15) is 5.10 Å². The number of aryl methyl sites for hydroxylation is 1. The van der Waals surface area contributed by atoms with E-state index in [4.69, 9.17) is 5.73 Å². The van der Waals surface area contributed by atoms with E-state index < -0.39 is 5.54 Å². The summed E-state index contributed by atoms with van der Waals surface area (Å²) in [5.74, 6) is -0.0921. The summed E-state index contributed by atoms with van der Waals surface area (Å²) in [5, 5.41) is 6.65. The molecule has 1 heterocycles. The second-order valence-corrected chi connectivity index (χ2v) is 4.12. The van der Waals surface area contributed by atoms with E-state index in [1.165, 1.54) is 0 Å². The van der Waals surface area contributed by atoms with Crippen LogP contribution in [0.4, 0.5) is 5.69 Å². The molecule has 0 spiro atoms. The summed E-state index contributed by atoms with van der Waals surface area (Å²) in [5.41, 5.74) is 5.93. The number of amides is 1. The summed E-state index contributed by atoms with van der Waals surface area (Å²) >= 11 is 0. The lowest BCUT2D eigenvalue weighted by atomic mass is 10.0. The zero-order chi connectivity index (χ0) is 10.8. The maximum Gasteiger partial charge on any atom is 0.226 e. The van der Waals surface area contributed by atoms with E-state index in [1.807, 2.05) is 13.8 Å². The first-order chi connectivity index (χ1) is 6.37. The van der Waals surface area contributed by atoms with Crippen molar-refractivity contribution < 1.29 is 4.79 Å². The van der Waals surface area contributed by atoms with Crippen LogP contribution in [0.1, 0.15) is 20.3 Å². The highest BCUT2D eigenvalue weighted by Crippen LogP contribution is 2.08. The van der Waals surface area contributed by atoms with E-state index in [1.54, 1.807) is 24.1 Å². The van der Waals surface area contributed by atoms with E-state index in [-0.39, 0.29) is 5.91 Å². The van der Waals surface area contributed by atoms with Crippen LogP contribution in [0.15, 0.2) is 12.4 Å². The molecule has 3 N–H and O–H groups in total. The van der Waals surface area contributed by atoms with Crippen molar-refractivity contribution in [2.75, 3.05) is 5.32 Å². The largest absolute Gasteiger partial charge is 0.325 e. The summed E-state index contributed by atoms with van der Waals surface area (Å²) in [4.78, 5) is 11.4. The molecule has 0 atom stereocenters. The molecule has 0 aliphatic carbocycles. The zero-order valence-electron chi connectivity index (χ0n) is 8.74. The lowest BCUT2D eigenvalue weighted by molar-refractivity contribution is -0.117. The molecule has 1 rings (SSSR count). The Bertz CT molecular complexity index is 324. The summed E-state index contributed by atoms with van der Waals surface area (Å²) in [6, 6.07) is 0. The fraction of sp³-hybridized carbons (Fsp3) is 0.556. The summed E-state index contributed by atoms with van der Waals surface area (Å²) in [6.45, 7) is 3.63. The van der Waals surface area contributed by atoms with Gasteiger partial charge in [-0.05, 0) is 13.8 Å². The van der Waals surface area contributed by atoms with Crippen LogP contribution in [-0.4, -0.2) is 21.2 Å². The van der Waals surface area contributed by atoms with Gasteiger partial charge in [0.25, 0.3) is 0 Å². The molecule has 0 aromatic carbocycles. The molecule has 0 bridgehead atoms. The van der Waals surface area contributed by atoms with Gasteiger partial charge in [0.1, 0.15) is 0 Å². The Balaban J connectivity index is 2.50. The molecule has 5 nitrogen and oxygen atoms in total. The van der Waals surface area contributed by atoms with Crippen molar-refractivity contribution in [3.8, 4) is 0 Å². The fourth-order valence-electron chi connectivity index (χ4n) is 1.10. The van der Waals surface area contributed by atoms with E-state index in [0.29, 0.717) is 12.1 Å². The van der Waals surface area contributed by atoms with Gasteiger partial charge in [-0.15, -0.1) is 0 Å². The molecule has 5 heteroatoms. The Morgan fingerprint density at radius 3 is 2.79 bits per heavy atom. The summed E-state index contributed by atoms with van der Waals surface area (Å²) < 4.78 is 1.63. The predicted octanol–water partition coefficient (Wildman–Crippen LogP) is 0.486. The average molecular weight is 196 g/mol. The first kappa shape index (κ1) is 10.7. The highest BCUT2D eigenvalue weighted by atomic mass is 16.1. The number of rotatable bonds is 3. The minimum atomic E-state index is -0.480. The van der Waals surface area contributed by atoms with Gasteiger partial charge in [0.2, 0.25) is 5.91 Å². The van der Waals surface area contributed by atoms with Crippen molar-refractivity contribution in [3.63, 3.8) is 0 Å². The van der Waals surface area contributed by atoms with Gasteiger partial charge in [0, 0.05) is 25.2 Å². The molecular weight excluding hydrogens is 180 g/mol. The van der Waals surface area contributed by atoms with Crippen LogP contribution >= 0.6 is 0 Å². The standard InChI is InChI=1S/C9H16N4O/c1-9(2,10)4-8(14)12-7-5-11-13(3)6-7/h5-6H,4,10H2,1-3H3,(H,12,14). The van der Waals surface area contributed by atoms with Crippen LogP contribution in [0.2, 0.25) is 0 Å². The Kier molecular flexibility index (Phi) is 2.90. The molecule has 1 amide bonds. The minimum absolute atomic E-state index is 0.0921. The topological polar surface area (TPSA) is 72.9 Å². The molecule has 0 aliphatic rings. The van der Waals surface area contributed by atoms with Crippen LogP contribution < -0.4 is 11.1 Å². The Labute approximate surface area is 83.3 Å². The van der Waals surface area contributed by atoms with E-state index >= 15 is 0 Å². The predicted molar refractivity (Wildman–Crippen MR) is 54.7 cm³/mol. The molecule has 0 saturated heterocycles. The zero-order valence-corrected chi connectivity index (χ0v) is 8.74. The van der Waals surface area contributed by atoms with Gasteiger partial charge in [0.05, 0.1) is 11.9 Å². The lowest BCUT2D eigenvalue weighted by Gasteiger charge is -2.16. The van der Waals surface area contributed by atoms with Gasteiger partial charge < -0.3 is 11.1 Å². The molecule has 0 saturated carbocycles. The molecule has 1 aromatic rings. The molecule has 78 valence electrons. The van der Waals surface area contributed by atoms with Crippen LogP contribution in [0.3, 0.4) is 0 Å². The van der Waals surface area contributed by atoms with Crippen molar-refractivity contribution in [2.45, 2.75) is 25.8 Å². The third-order valence-corrected chi connectivity index (χ3v) is 1.60. The number of carbonyl (C=O) groups excluding carboxylic acids is 1. The van der Waals surface area contributed by atoms with Crippen molar-refractivity contribution in [1.82, 2.24) is 9.78 Å². The summed E-state index contributed by atoms with van der Waals surface area (Å²) in [7, 11) is 1.79. The first-order valence-electron chi connectivity index (χ1n) is 4.44. The molecule has 0 unspecified atom stereocenters. The van der Waals surface area contributed by atoms with Crippen LogP contribution in [-0.2, 0) is 11.8 Å². The van der Waals surface area contributed by atoms with Gasteiger partial charge in [-0.25, -0.2) is 0 Å². The minimum Gasteiger partial charge on any atom is -0.325 e. The average Bonchev–Trinajstić information content (AvgIpc) is 2.30. The fourth-order valence-corrected chi connectivity index (χ4v) is 1.10. The van der Waals surface area contributed by atoms with Crippen molar-refractivity contribution in [3.05, 3.63) is 12.4 Å². The SMILES string of the molecule is Cn1cc(NC(=O)CC(C)(C)N)cn1. The van der Waals surface area contributed by atoms with E-state index in [9.17, 15) is 4.79 Å².